The smallest absolute Gasteiger partial charge is 0.255 e. The summed E-state index contributed by atoms with van der Waals surface area (Å²) in [5, 5.41) is 7.52. The van der Waals surface area contributed by atoms with Crippen LogP contribution in [0.5, 0.6) is 0 Å². The highest BCUT2D eigenvalue weighted by atomic mass is 16.5. The van der Waals surface area contributed by atoms with E-state index in [4.69, 9.17) is 9.47 Å². The zero-order chi connectivity index (χ0) is 15.0. The SMILES string of the molecule is O=C(c1ccnnc1)N1C[C@@H]2COC[C@]2(COCC2CC2)C1. The van der Waals surface area contributed by atoms with E-state index in [1.54, 1.807) is 12.3 Å². The lowest BCUT2D eigenvalue weighted by Gasteiger charge is -2.26. The zero-order valence-corrected chi connectivity index (χ0v) is 12.6. The monoisotopic (exact) mass is 303 g/mol. The molecular weight excluding hydrogens is 282 g/mol. The molecule has 1 aliphatic carbocycles. The summed E-state index contributed by atoms with van der Waals surface area (Å²) in [5.74, 6) is 1.18. The second kappa shape index (κ2) is 5.59. The Morgan fingerprint density at radius 2 is 2.36 bits per heavy atom. The molecule has 1 saturated carbocycles. The molecule has 0 bridgehead atoms. The van der Waals surface area contributed by atoms with Crippen LogP contribution in [0.4, 0.5) is 0 Å². The van der Waals surface area contributed by atoms with Crippen LogP contribution in [0.2, 0.25) is 0 Å². The molecule has 2 saturated heterocycles. The Labute approximate surface area is 129 Å². The van der Waals surface area contributed by atoms with E-state index in [1.807, 2.05) is 4.90 Å². The largest absolute Gasteiger partial charge is 0.380 e. The highest BCUT2D eigenvalue weighted by Gasteiger charge is 2.52. The fourth-order valence-electron chi connectivity index (χ4n) is 3.50. The number of fused-ring (bicyclic) bond motifs is 1. The standard InChI is InChI=1S/C16H21N3O3/c20-15(13-3-4-17-18-5-13)19-6-14-8-22-11-16(14,9-19)10-21-7-12-1-2-12/h3-5,12,14H,1-2,6-11H2/t14-,16-/m1/s1. The fourth-order valence-corrected chi connectivity index (χ4v) is 3.50. The number of hydrogen-bond donors (Lipinski definition) is 0. The van der Waals surface area contributed by atoms with Crippen molar-refractivity contribution in [2.45, 2.75) is 12.8 Å². The lowest BCUT2D eigenvalue weighted by atomic mass is 9.82. The molecule has 118 valence electrons. The van der Waals surface area contributed by atoms with Crippen LogP contribution in [0.25, 0.3) is 0 Å². The Hall–Kier alpha value is -1.53. The van der Waals surface area contributed by atoms with E-state index in [9.17, 15) is 4.79 Å². The Bertz CT molecular complexity index is 549. The van der Waals surface area contributed by atoms with Crippen LogP contribution in [0.3, 0.4) is 0 Å². The van der Waals surface area contributed by atoms with E-state index in [0.29, 0.717) is 31.2 Å². The van der Waals surface area contributed by atoms with Gasteiger partial charge in [-0.25, -0.2) is 0 Å². The molecule has 0 radical (unpaired) electrons. The number of ether oxygens (including phenoxy) is 2. The minimum atomic E-state index is -0.0228. The lowest BCUT2D eigenvalue weighted by molar-refractivity contribution is 0.0223. The molecule has 6 heteroatoms. The van der Waals surface area contributed by atoms with Crippen molar-refractivity contribution in [2.75, 3.05) is 39.5 Å². The molecule has 6 nitrogen and oxygen atoms in total. The summed E-state index contributed by atoms with van der Waals surface area (Å²) < 4.78 is 11.6. The van der Waals surface area contributed by atoms with Crippen molar-refractivity contribution in [3.8, 4) is 0 Å². The first-order valence-corrected chi connectivity index (χ1v) is 7.98. The topological polar surface area (TPSA) is 64.6 Å². The summed E-state index contributed by atoms with van der Waals surface area (Å²) in [5.41, 5.74) is 0.579. The first kappa shape index (κ1) is 14.1. The minimum Gasteiger partial charge on any atom is -0.380 e. The molecule has 2 atom stereocenters. The van der Waals surface area contributed by atoms with Gasteiger partial charge in [0.2, 0.25) is 0 Å². The molecule has 22 heavy (non-hydrogen) atoms. The van der Waals surface area contributed by atoms with Crippen molar-refractivity contribution in [1.29, 1.82) is 0 Å². The van der Waals surface area contributed by atoms with Crippen LogP contribution in [0, 0.1) is 17.3 Å². The average Bonchev–Trinajstić information content (AvgIpc) is 3.17. The number of aromatic nitrogens is 2. The Morgan fingerprint density at radius 3 is 3.14 bits per heavy atom. The van der Waals surface area contributed by atoms with Crippen LogP contribution >= 0.6 is 0 Å². The van der Waals surface area contributed by atoms with Gasteiger partial charge in [-0.05, 0) is 24.8 Å². The third-order valence-corrected chi connectivity index (χ3v) is 5.08. The van der Waals surface area contributed by atoms with Gasteiger partial charge in [0.25, 0.3) is 5.91 Å². The van der Waals surface area contributed by atoms with E-state index in [1.165, 1.54) is 19.0 Å². The summed E-state index contributed by atoms with van der Waals surface area (Å²) in [6.07, 6.45) is 5.68. The molecule has 0 spiro atoms. The van der Waals surface area contributed by atoms with Crippen LogP contribution in [-0.4, -0.2) is 60.5 Å². The van der Waals surface area contributed by atoms with Gasteiger partial charge >= 0.3 is 0 Å². The molecule has 3 aliphatic rings. The van der Waals surface area contributed by atoms with Crippen LogP contribution < -0.4 is 0 Å². The maximum Gasteiger partial charge on any atom is 0.255 e. The molecule has 0 aromatic carbocycles. The second-order valence-corrected chi connectivity index (χ2v) is 6.85. The van der Waals surface area contributed by atoms with E-state index in [2.05, 4.69) is 10.2 Å². The molecular formula is C16H21N3O3. The summed E-state index contributed by atoms with van der Waals surface area (Å²) in [6, 6.07) is 1.72. The van der Waals surface area contributed by atoms with E-state index in [-0.39, 0.29) is 11.3 Å². The fraction of sp³-hybridized carbons (Fsp3) is 0.688. The number of likely N-dealkylation sites (tertiary alicyclic amines) is 1. The van der Waals surface area contributed by atoms with E-state index in [0.717, 1.165) is 25.7 Å². The van der Waals surface area contributed by atoms with Gasteiger partial charge in [-0.2, -0.15) is 10.2 Å². The van der Waals surface area contributed by atoms with Crippen molar-refractivity contribution in [1.82, 2.24) is 15.1 Å². The second-order valence-electron chi connectivity index (χ2n) is 6.85. The van der Waals surface area contributed by atoms with Gasteiger partial charge in [0.15, 0.2) is 0 Å². The zero-order valence-electron chi connectivity index (χ0n) is 12.6. The highest BCUT2D eigenvalue weighted by Crippen LogP contribution is 2.42. The predicted molar refractivity (Wildman–Crippen MR) is 78.2 cm³/mol. The molecule has 0 unspecified atom stereocenters. The van der Waals surface area contributed by atoms with Crippen molar-refractivity contribution in [2.24, 2.45) is 17.3 Å². The Morgan fingerprint density at radius 1 is 1.45 bits per heavy atom. The van der Waals surface area contributed by atoms with Crippen molar-refractivity contribution in [3.63, 3.8) is 0 Å². The molecule has 1 aromatic rings. The summed E-state index contributed by atoms with van der Waals surface area (Å²) in [6.45, 7) is 4.44. The first-order chi connectivity index (χ1) is 10.8. The molecule has 3 fully saturated rings. The van der Waals surface area contributed by atoms with Gasteiger partial charge in [0, 0.05) is 31.0 Å². The van der Waals surface area contributed by atoms with Gasteiger partial charge in [-0.15, -0.1) is 0 Å². The third-order valence-electron chi connectivity index (χ3n) is 5.08. The summed E-state index contributed by atoms with van der Waals surface area (Å²) in [7, 11) is 0. The van der Waals surface area contributed by atoms with Gasteiger partial charge in [-0.3, -0.25) is 4.79 Å². The van der Waals surface area contributed by atoms with Crippen LogP contribution in [0.1, 0.15) is 23.2 Å². The minimum absolute atomic E-state index is 0.0228. The predicted octanol–water partition coefficient (Wildman–Crippen LogP) is 0.992. The maximum absolute atomic E-state index is 12.6. The quantitative estimate of drug-likeness (QED) is 0.812. The summed E-state index contributed by atoms with van der Waals surface area (Å²) in [4.78, 5) is 14.5. The third kappa shape index (κ3) is 2.61. The summed E-state index contributed by atoms with van der Waals surface area (Å²) >= 11 is 0. The van der Waals surface area contributed by atoms with E-state index < -0.39 is 0 Å². The number of amides is 1. The normalized spacial score (nSPS) is 30.5. The van der Waals surface area contributed by atoms with Crippen LogP contribution in [-0.2, 0) is 9.47 Å². The number of carbonyl (C=O) groups is 1. The number of hydrogen-bond acceptors (Lipinski definition) is 5. The molecule has 3 heterocycles. The first-order valence-electron chi connectivity index (χ1n) is 7.98. The van der Waals surface area contributed by atoms with Gasteiger partial charge < -0.3 is 14.4 Å². The average molecular weight is 303 g/mol. The van der Waals surface area contributed by atoms with E-state index >= 15 is 0 Å². The highest BCUT2D eigenvalue weighted by molar-refractivity contribution is 5.94. The van der Waals surface area contributed by atoms with Gasteiger partial charge in [0.05, 0.1) is 37.8 Å². The van der Waals surface area contributed by atoms with Gasteiger partial charge in [0.1, 0.15) is 0 Å². The maximum atomic E-state index is 12.6. The molecule has 0 N–H and O–H groups in total. The van der Waals surface area contributed by atoms with Crippen molar-refractivity contribution >= 4 is 5.91 Å². The van der Waals surface area contributed by atoms with Crippen molar-refractivity contribution in [3.05, 3.63) is 24.0 Å². The van der Waals surface area contributed by atoms with Crippen molar-refractivity contribution < 1.29 is 14.3 Å². The number of nitrogens with zero attached hydrogens (tertiary/aromatic N) is 3. The molecule has 2 aliphatic heterocycles. The number of carbonyl (C=O) groups excluding carboxylic acids is 1. The molecule has 1 aromatic heterocycles. The Balaban J connectivity index is 1.43. The lowest BCUT2D eigenvalue weighted by Crippen LogP contribution is -2.37. The van der Waals surface area contributed by atoms with Gasteiger partial charge in [-0.1, -0.05) is 0 Å². The molecule has 4 rings (SSSR count). The Kier molecular flexibility index (Phi) is 3.58. The number of rotatable bonds is 5. The van der Waals surface area contributed by atoms with Crippen LogP contribution in [0.15, 0.2) is 18.5 Å². The molecule has 1 amide bonds.